The van der Waals surface area contributed by atoms with Crippen LogP contribution < -0.4 is 10.9 Å². The molecule has 2 fully saturated rings. The fourth-order valence-electron chi connectivity index (χ4n) is 4.56. The summed E-state index contributed by atoms with van der Waals surface area (Å²) in [5, 5.41) is 3.79. The molecule has 1 aromatic heterocycles. The van der Waals surface area contributed by atoms with Crippen LogP contribution in [0.15, 0.2) is 58.5 Å². The Morgan fingerprint density at radius 3 is 2.47 bits per heavy atom. The highest BCUT2D eigenvalue weighted by atomic mass is 32.2. The van der Waals surface area contributed by atoms with E-state index in [2.05, 4.69) is 5.32 Å². The lowest BCUT2D eigenvalue weighted by Crippen LogP contribution is -2.32. The number of nitrogens with one attached hydrogen (secondary N) is 1. The van der Waals surface area contributed by atoms with Crippen LogP contribution >= 0.6 is 11.8 Å². The molecule has 36 heavy (non-hydrogen) atoms. The molecule has 0 saturated carbocycles. The zero-order chi connectivity index (χ0) is 24.9. The van der Waals surface area contributed by atoms with Crippen LogP contribution in [0, 0.1) is 0 Å². The summed E-state index contributed by atoms with van der Waals surface area (Å²) in [6.07, 6.45) is 3.76. The first-order valence-electron chi connectivity index (χ1n) is 12.4. The number of thioether (sulfide) groups is 1. The lowest BCUT2D eigenvalue weighted by atomic mass is 10.1. The Labute approximate surface area is 213 Å². The van der Waals surface area contributed by atoms with Gasteiger partial charge in [0.25, 0.3) is 11.5 Å². The van der Waals surface area contributed by atoms with E-state index in [1.54, 1.807) is 34.9 Å². The number of fused-ring (bicyclic) bond motifs is 1. The van der Waals surface area contributed by atoms with E-state index in [-0.39, 0.29) is 35.2 Å². The van der Waals surface area contributed by atoms with Crippen molar-refractivity contribution in [3.63, 3.8) is 0 Å². The molecule has 3 aromatic rings. The predicted molar refractivity (Wildman–Crippen MR) is 138 cm³/mol. The molecule has 188 valence electrons. The summed E-state index contributed by atoms with van der Waals surface area (Å²) in [7, 11) is 0. The molecule has 0 spiro atoms. The van der Waals surface area contributed by atoms with Crippen molar-refractivity contribution < 1.29 is 19.1 Å². The summed E-state index contributed by atoms with van der Waals surface area (Å²) < 4.78 is 13.0. The third kappa shape index (κ3) is 5.69. The van der Waals surface area contributed by atoms with Crippen molar-refractivity contribution in [2.45, 2.75) is 49.6 Å². The van der Waals surface area contributed by atoms with Crippen LogP contribution in [0.25, 0.3) is 10.9 Å². The number of ether oxygens (including phenoxy) is 2. The molecule has 2 aliphatic rings. The third-order valence-corrected chi connectivity index (χ3v) is 7.51. The first kappa shape index (κ1) is 24.7. The predicted octanol–water partition coefficient (Wildman–Crippen LogP) is 3.46. The maximum atomic E-state index is 13.5. The molecule has 0 bridgehead atoms. The minimum absolute atomic E-state index is 0.0409. The smallest absolute Gasteiger partial charge is 0.262 e. The molecule has 5 rings (SSSR count). The van der Waals surface area contributed by atoms with Gasteiger partial charge in [-0.2, -0.15) is 0 Å². The number of hydrogen-bond donors (Lipinski definition) is 1. The van der Waals surface area contributed by atoms with Crippen molar-refractivity contribution in [3.8, 4) is 0 Å². The number of nitrogens with zero attached hydrogens (tertiary/aromatic N) is 2. The Morgan fingerprint density at radius 1 is 1.00 bits per heavy atom. The summed E-state index contributed by atoms with van der Waals surface area (Å²) in [4.78, 5) is 43.7. The lowest BCUT2D eigenvalue weighted by Gasteiger charge is -2.17. The normalized spacial score (nSPS) is 19.6. The summed E-state index contributed by atoms with van der Waals surface area (Å²) in [5.41, 5.74) is 1.28. The molecule has 0 aliphatic carbocycles. The van der Waals surface area contributed by atoms with E-state index in [1.165, 1.54) is 11.8 Å². The lowest BCUT2D eigenvalue weighted by molar-refractivity contribution is 0.0857. The Kier molecular flexibility index (Phi) is 7.79. The van der Waals surface area contributed by atoms with Gasteiger partial charge in [0.15, 0.2) is 10.9 Å². The minimum atomic E-state index is -0.230. The van der Waals surface area contributed by atoms with Gasteiger partial charge in [0.2, 0.25) is 0 Å². The van der Waals surface area contributed by atoms with Crippen LogP contribution in [-0.2, 0) is 16.0 Å². The highest BCUT2D eigenvalue weighted by molar-refractivity contribution is 7.99. The molecule has 2 saturated heterocycles. The average molecular weight is 508 g/mol. The second kappa shape index (κ2) is 11.4. The molecule has 9 heteroatoms. The van der Waals surface area contributed by atoms with E-state index < -0.39 is 0 Å². The molecule has 2 aliphatic heterocycles. The largest absolute Gasteiger partial charge is 0.376 e. The number of hydrogen-bond acceptors (Lipinski definition) is 7. The van der Waals surface area contributed by atoms with E-state index in [9.17, 15) is 14.4 Å². The molecule has 0 unspecified atom stereocenters. The van der Waals surface area contributed by atoms with E-state index >= 15 is 0 Å². The molecule has 8 nitrogen and oxygen atoms in total. The van der Waals surface area contributed by atoms with Crippen LogP contribution in [0.1, 0.15) is 46.4 Å². The van der Waals surface area contributed by atoms with Gasteiger partial charge in [0.1, 0.15) is 0 Å². The van der Waals surface area contributed by atoms with E-state index in [1.807, 2.05) is 18.2 Å². The Bertz CT molecular complexity index is 1300. The van der Waals surface area contributed by atoms with Gasteiger partial charge in [-0.25, -0.2) is 4.98 Å². The van der Waals surface area contributed by atoms with Crippen molar-refractivity contribution in [1.82, 2.24) is 14.9 Å². The van der Waals surface area contributed by atoms with Gasteiger partial charge >= 0.3 is 0 Å². The number of rotatable bonds is 9. The fourth-order valence-corrected chi connectivity index (χ4v) is 5.46. The van der Waals surface area contributed by atoms with E-state index in [4.69, 9.17) is 14.5 Å². The standard InChI is InChI=1S/C27H29N3O5S/c31-24(18-6-2-1-3-7-18)17-36-27-29-23-14-19(25(32)28-15-20-8-4-12-34-20)10-11-22(23)26(33)30(27)16-21-9-5-13-35-21/h1-3,6-7,10-11,14,20-21H,4-5,8-9,12-13,15-17H2,(H,28,32)/t20-,21-/m1/s1. The second-order valence-corrected chi connectivity index (χ2v) is 10.0. The average Bonchev–Trinajstić information content (AvgIpc) is 3.62. The van der Waals surface area contributed by atoms with Crippen molar-refractivity contribution >= 4 is 34.4 Å². The van der Waals surface area contributed by atoms with Crippen molar-refractivity contribution in [1.29, 1.82) is 0 Å². The van der Waals surface area contributed by atoms with Gasteiger partial charge in [0, 0.05) is 30.9 Å². The molecule has 2 aromatic carbocycles. The SMILES string of the molecule is O=C(CSc1nc2cc(C(=O)NC[C@H]3CCCO3)ccc2c(=O)n1C[C@H]1CCCO1)c1ccccc1. The van der Waals surface area contributed by atoms with E-state index in [0.717, 1.165) is 32.3 Å². The quantitative estimate of drug-likeness (QED) is 0.269. The van der Waals surface area contributed by atoms with Crippen molar-refractivity contribution in [2.75, 3.05) is 25.5 Å². The Balaban J connectivity index is 1.41. The number of Topliss-reactive ketones (excluding diaryl/α,β-unsaturated/α-hetero) is 1. The zero-order valence-corrected chi connectivity index (χ0v) is 20.8. The van der Waals surface area contributed by atoms with Crippen LogP contribution in [0.3, 0.4) is 0 Å². The van der Waals surface area contributed by atoms with Gasteiger partial charge in [0.05, 0.1) is 35.4 Å². The fraction of sp³-hybridized carbons (Fsp3) is 0.407. The molecule has 1 amide bonds. The van der Waals surface area contributed by atoms with E-state index in [0.29, 0.717) is 46.9 Å². The van der Waals surface area contributed by atoms with Crippen LogP contribution in [0.2, 0.25) is 0 Å². The third-order valence-electron chi connectivity index (χ3n) is 6.54. The number of carbonyl (C=O) groups is 2. The molecule has 0 radical (unpaired) electrons. The first-order valence-corrected chi connectivity index (χ1v) is 13.3. The number of amides is 1. The van der Waals surface area contributed by atoms with Gasteiger partial charge in [-0.3, -0.25) is 19.0 Å². The maximum Gasteiger partial charge on any atom is 0.262 e. The maximum absolute atomic E-state index is 13.5. The molecule has 3 heterocycles. The summed E-state index contributed by atoms with van der Waals surface area (Å²) in [6.45, 7) is 2.24. The number of ketones is 1. The molecular formula is C27H29N3O5S. The van der Waals surface area contributed by atoms with Crippen LogP contribution in [-0.4, -0.2) is 59.0 Å². The van der Waals surface area contributed by atoms with Gasteiger partial charge in [-0.05, 0) is 43.9 Å². The Morgan fingerprint density at radius 2 is 1.75 bits per heavy atom. The van der Waals surface area contributed by atoms with Crippen LogP contribution in [0.5, 0.6) is 0 Å². The monoisotopic (exact) mass is 507 g/mol. The van der Waals surface area contributed by atoms with Gasteiger partial charge in [-0.1, -0.05) is 42.1 Å². The first-order chi connectivity index (χ1) is 17.6. The summed E-state index contributed by atoms with van der Waals surface area (Å²) in [6, 6.07) is 14.0. The number of aromatic nitrogens is 2. The second-order valence-electron chi connectivity index (χ2n) is 9.10. The molecule has 1 N–H and O–H groups in total. The summed E-state index contributed by atoms with van der Waals surface area (Å²) >= 11 is 1.23. The van der Waals surface area contributed by atoms with Crippen LogP contribution in [0.4, 0.5) is 0 Å². The van der Waals surface area contributed by atoms with Gasteiger partial charge < -0.3 is 14.8 Å². The van der Waals surface area contributed by atoms with Gasteiger partial charge in [-0.15, -0.1) is 0 Å². The number of benzene rings is 2. The Hall–Kier alpha value is -3.01. The number of carbonyl (C=O) groups excluding carboxylic acids is 2. The highest BCUT2D eigenvalue weighted by Gasteiger charge is 2.22. The molecule has 2 atom stereocenters. The minimum Gasteiger partial charge on any atom is -0.376 e. The topological polar surface area (TPSA) is 99.5 Å². The molecular weight excluding hydrogens is 478 g/mol. The zero-order valence-electron chi connectivity index (χ0n) is 20.0. The summed E-state index contributed by atoms with van der Waals surface area (Å²) in [5.74, 6) is -0.123. The van der Waals surface area contributed by atoms with Crippen molar-refractivity contribution in [2.24, 2.45) is 0 Å². The van der Waals surface area contributed by atoms with Crippen molar-refractivity contribution in [3.05, 3.63) is 70.0 Å². The highest BCUT2D eigenvalue weighted by Crippen LogP contribution is 2.23.